The first kappa shape index (κ1) is 44.5. The van der Waals surface area contributed by atoms with Crippen LogP contribution in [-0.4, -0.2) is 0 Å². The molecule has 0 unspecified atom stereocenters. The third kappa shape index (κ3) is 15.0. The van der Waals surface area contributed by atoms with E-state index in [4.69, 9.17) is 19.1 Å². The maximum absolute atomic E-state index is 4.92. The molecule has 8 aromatic carbocycles. The number of hydrogen-bond donors (Lipinski definition) is 1. The second-order valence-corrected chi connectivity index (χ2v) is 21.9. The molecule has 0 aliphatic carbocycles. The summed E-state index contributed by atoms with van der Waals surface area (Å²) in [6.07, 6.45) is 0. The summed E-state index contributed by atoms with van der Waals surface area (Å²) in [7, 11) is 8.08. The summed E-state index contributed by atoms with van der Waals surface area (Å²) in [4.78, 5) is 0. The van der Waals surface area contributed by atoms with E-state index in [1.165, 1.54) is 43.0 Å². The number of nitrogens with zero attached hydrogens (tertiary/aromatic N) is 2. The van der Waals surface area contributed by atoms with E-state index >= 15 is 0 Å². The fraction of sp³-hybridized carbons (Fsp3) is 0.0400. The summed E-state index contributed by atoms with van der Waals surface area (Å²) in [5.74, 6) is 0. The molecule has 58 heavy (non-hydrogen) atoms. The van der Waals surface area contributed by atoms with Crippen LogP contribution in [-0.2, 0) is 15.9 Å². The number of rotatable bonds is 10. The first-order valence-corrected chi connectivity index (χ1v) is 28.5. The maximum Gasteiger partial charge on any atom is 0.102 e. The van der Waals surface area contributed by atoms with E-state index in [9.17, 15) is 0 Å². The van der Waals surface area contributed by atoms with Gasteiger partial charge in [-0.05, 0) is 86.6 Å². The van der Waals surface area contributed by atoms with E-state index in [2.05, 4.69) is 198 Å². The Morgan fingerprint density at radius 2 is 0.517 bits per heavy atom. The van der Waals surface area contributed by atoms with Gasteiger partial charge in [0.1, 0.15) is 31.8 Å². The van der Waals surface area contributed by atoms with Crippen molar-refractivity contribution < 1.29 is 15.9 Å². The second-order valence-electron chi connectivity index (χ2n) is 13.0. The Labute approximate surface area is 363 Å². The van der Waals surface area contributed by atoms with Crippen LogP contribution in [0.25, 0.3) is 10.9 Å². The maximum atomic E-state index is 4.92. The molecule has 0 spiro atoms. The Hall–Kier alpha value is -4.58. The number of halogens is 2. The van der Waals surface area contributed by atoms with Crippen LogP contribution in [0.3, 0.4) is 0 Å². The van der Waals surface area contributed by atoms with Gasteiger partial charge in [-0.3, -0.25) is 0 Å². The predicted octanol–water partition coefficient (Wildman–Crippen LogP) is 12.2. The van der Waals surface area contributed by atoms with Crippen molar-refractivity contribution in [3.8, 4) is 0 Å². The summed E-state index contributed by atoms with van der Waals surface area (Å²) in [6.45, 7) is 4.10. The molecule has 8 heteroatoms. The van der Waals surface area contributed by atoms with Crippen LogP contribution in [0, 0.1) is 13.8 Å². The van der Waals surface area contributed by atoms with Gasteiger partial charge in [-0.25, -0.2) is 0 Å². The van der Waals surface area contributed by atoms with Crippen LogP contribution >= 0.6 is 34.9 Å². The molecule has 0 heterocycles. The predicted molar refractivity (Wildman–Crippen MR) is 256 cm³/mol. The van der Waals surface area contributed by atoms with E-state index < -0.39 is 31.8 Å². The molecule has 8 rings (SSSR count). The van der Waals surface area contributed by atoms with Gasteiger partial charge < -0.3 is 16.4 Å². The number of nitrogens with one attached hydrogen (secondary N) is 1. The fourth-order valence-corrected chi connectivity index (χ4v) is 11.2. The zero-order valence-electron chi connectivity index (χ0n) is 32.5. The second kappa shape index (κ2) is 25.7. The molecule has 1 N–H and O–H groups in total. The zero-order valence-corrected chi connectivity index (χ0v) is 38.7. The summed E-state index contributed by atoms with van der Waals surface area (Å²) < 4.78 is 0. The minimum Gasteiger partial charge on any atom is -0.0620 e. The standard InChI is InChI=1S/2C18H15P.C14H15N3.2ClH.Re/c2*1-4-10-16(11-5-1)19(17-12-6-2-7-13-17)18-14-8-3-9-15-18;1-11-3-7-13(8-4-11)15-17-16-14-9-5-12(2)6-10-14;;;/h2*1-15H;3-10,17H,1-2H3;2*1H;/q;;-2;;;+2. The fourth-order valence-electron chi connectivity index (χ4n) is 6.01. The van der Waals surface area contributed by atoms with Crippen LogP contribution < -0.4 is 37.4 Å². The Morgan fingerprint density at radius 1 is 0.328 bits per heavy atom. The Bertz CT molecular complexity index is 1910. The smallest absolute Gasteiger partial charge is 0.0620 e. The molecular weight excluding hydrogens is 962 g/mol. The molecule has 0 saturated carbocycles. The van der Waals surface area contributed by atoms with Gasteiger partial charge in [-0.15, -0.1) is 11.4 Å². The third-order valence-corrected chi connectivity index (χ3v) is 14.3. The van der Waals surface area contributed by atoms with Gasteiger partial charge in [0.15, 0.2) is 0 Å². The van der Waals surface area contributed by atoms with E-state index in [0.717, 1.165) is 11.4 Å². The molecule has 0 amide bonds. The zero-order chi connectivity index (χ0) is 40.6. The van der Waals surface area contributed by atoms with Gasteiger partial charge >= 0.3 is 35.0 Å². The number of hydrogen-bond acceptors (Lipinski definition) is 1. The molecule has 0 atom stereocenters. The van der Waals surface area contributed by atoms with Crippen LogP contribution in [0.1, 0.15) is 11.1 Å². The molecule has 8 aromatic rings. The molecular formula is C50H47Cl2N3P2Re. The van der Waals surface area contributed by atoms with Gasteiger partial charge in [0.25, 0.3) is 0 Å². The van der Waals surface area contributed by atoms with Gasteiger partial charge in [-0.1, -0.05) is 169 Å². The van der Waals surface area contributed by atoms with Crippen molar-refractivity contribution in [2.24, 2.45) is 0 Å². The molecule has 0 fully saturated rings. The van der Waals surface area contributed by atoms with E-state index in [1.54, 1.807) is 0 Å². The van der Waals surface area contributed by atoms with Crippen molar-refractivity contribution >= 4 is 78.1 Å². The van der Waals surface area contributed by atoms with Crippen LogP contribution in [0.2, 0.25) is 0 Å². The van der Waals surface area contributed by atoms with Crippen LogP contribution in [0.4, 0.5) is 11.4 Å². The van der Waals surface area contributed by atoms with Crippen molar-refractivity contribution in [1.82, 2.24) is 5.53 Å². The number of benzene rings is 8. The average molecular weight is 1010 g/mol. The molecule has 0 bridgehead atoms. The van der Waals surface area contributed by atoms with E-state index in [1.807, 2.05) is 62.4 Å². The first-order valence-electron chi connectivity index (χ1n) is 18.8. The summed E-state index contributed by atoms with van der Waals surface area (Å²) in [5, 5.41) is 8.61. The molecule has 0 aliphatic rings. The van der Waals surface area contributed by atoms with Gasteiger partial charge in [-0.2, -0.15) is 0 Å². The minimum absolute atomic E-state index is 0.722. The third-order valence-electron chi connectivity index (χ3n) is 8.80. The molecule has 0 saturated heterocycles. The minimum atomic E-state index is -0.877. The monoisotopic (exact) mass is 1010 g/mol. The Morgan fingerprint density at radius 3 is 0.707 bits per heavy atom. The Kier molecular flexibility index (Phi) is 19.7. The summed E-state index contributed by atoms with van der Waals surface area (Å²) in [6, 6.07) is 80.9. The first-order chi connectivity index (χ1) is 28.6. The van der Waals surface area contributed by atoms with Crippen molar-refractivity contribution in [2.75, 3.05) is 0 Å². The van der Waals surface area contributed by atoms with E-state index in [-0.39, 0.29) is 0 Å². The normalized spacial score (nSPS) is 10.2. The van der Waals surface area contributed by atoms with E-state index in [0.29, 0.717) is 0 Å². The number of aryl methyl sites for hydroxylation is 2. The van der Waals surface area contributed by atoms with Gasteiger partial charge in [0.05, 0.1) is 15.8 Å². The summed E-state index contributed by atoms with van der Waals surface area (Å²) >= 11 is -0.722. The topological polar surface area (TPSA) is 40.2 Å². The largest absolute Gasteiger partial charge is 0.102 e. The van der Waals surface area contributed by atoms with Crippen molar-refractivity contribution in [3.05, 3.63) is 253 Å². The molecule has 0 aromatic heterocycles. The van der Waals surface area contributed by atoms with Gasteiger partial charge in [0, 0.05) is 0 Å². The van der Waals surface area contributed by atoms with Crippen LogP contribution in [0.15, 0.2) is 231 Å². The SMILES string of the molecule is Cc1ccc([N-]N[N-]c2ccc(C)cc2)cc1.[Cl][Re][Cl].c1ccc([PH+](c2ccccc2)c2ccccc2)cc1.c1ccc([PH+](c2ccccc2)c2ccccc2)cc1. The average Bonchev–Trinajstić information content (AvgIpc) is 3.28. The quantitative estimate of drug-likeness (QED) is 0.108. The molecule has 293 valence electrons. The molecule has 0 aliphatic heterocycles. The molecule has 3 nitrogen and oxygen atoms in total. The Balaban J connectivity index is 0.000000160. The molecule has 0 radical (unpaired) electrons. The van der Waals surface area contributed by atoms with Crippen molar-refractivity contribution in [2.45, 2.75) is 13.8 Å². The summed E-state index contributed by atoms with van der Waals surface area (Å²) in [5.41, 5.74) is 15.2. The van der Waals surface area contributed by atoms with Gasteiger partial charge in [0.2, 0.25) is 0 Å². The van der Waals surface area contributed by atoms with Crippen molar-refractivity contribution in [3.63, 3.8) is 0 Å². The van der Waals surface area contributed by atoms with Crippen molar-refractivity contribution in [1.29, 1.82) is 0 Å². The van der Waals surface area contributed by atoms with Crippen LogP contribution in [0.5, 0.6) is 0 Å².